The summed E-state index contributed by atoms with van der Waals surface area (Å²) in [5, 5.41) is 3.18. The summed E-state index contributed by atoms with van der Waals surface area (Å²) in [7, 11) is 3.68. The smallest absolute Gasteiger partial charge is 0.340 e. The van der Waals surface area contributed by atoms with Crippen LogP contribution in [0.2, 0.25) is 0 Å². The predicted octanol–water partition coefficient (Wildman–Crippen LogP) is 2.15. The largest absolute Gasteiger partial charge is 0.460 e. The van der Waals surface area contributed by atoms with Crippen molar-refractivity contribution in [3.63, 3.8) is 0 Å². The van der Waals surface area contributed by atoms with E-state index >= 15 is 0 Å². The maximum Gasteiger partial charge on any atom is 0.340 e. The Bertz CT molecular complexity index is 904. The van der Waals surface area contributed by atoms with Crippen LogP contribution in [0.25, 0.3) is 0 Å². The molecular weight excluding hydrogens is 408 g/mol. The van der Waals surface area contributed by atoms with E-state index in [1.807, 2.05) is 30.3 Å². The van der Waals surface area contributed by atoms with Gasteiger partial charge in [-0.1, -0.05) is 30.3 Å². The van der Waals surface area contributed by atoms with Gasteiger partial charge in [0.1, 0.15) is 12.3 Å². The van der Waals surface area contributed by atoms with Crippen molar-refractivity contribution in [2.75, 3.05) is 60.1 Å². The zero-order valence-corrected chi connectivity index (χ0v) is 19.4. The predicted molar refractivity (Wildman–Crippen MR) is 123 cm³/mol. The molecule has 1 aliphatic rings. The molecule has 8 nitrogen and oxygen atoms in total. The molecular formula is C24H34N4O4. The summed E-state index contributed by atoms with van der Waals surface area (Å²) in [6, 6.07) is 9.84. The summed E-state index contributed by atoms with van der Waals surface area (Å²) in [5.74, 6) is -0.686. The van der Waals surface area contributed by atoms with Gasteiger partial charge in [0.2, 0.25) is 0 Å². The second-order valence-electron chi connectivity index (χ2n) is 8.29. The standard InChI is InChI=1S/C24H34N4O4/c1-17-21(24(30)32-15-14-31-4)18(2)25-22(17)23(29)26-20(19-8-6-5-7-9-19)16-28-12-10-27(3)11-13-28/h5-9,20,25H,10-16H2,1-4H3,(H,26,29). The maximum absolute atomic E-state index is 13.3. The van der Waals surface area contributed by atoms with Gasteiger partial charge in [-0.05, 0) is 32.0 Å². The van der Waals surface area contributed by atoms with Gasteiger partial charge in [0, 0.05) is 45.5 Å². The number of ether oxygens (including phenoxy) is 2. The lowest BCUT2D eigenvalue weighted by Crippen LogP contribution is -2.47. The van der Waals surface area contributed by atoms with Crippen LogP contribution in [-0.2, 0) is 9.47 Å². The van der Waals surface area contributed by atoms with Gasteiger partial charge >= 0.3 is 5.97 Å². The quantitative estimate of drug-likeness (QED) is 0.457. The van der Waals surface area contributed by atoms with E-state index in [9.17, 15) is 9.59 Å². The van der Waals surface area contributed by atoms with Gasteiger partial charge in [0.25, 0.3) is 5.91 Å². The van der Waals surface area contributed by atoms with Crippen LogP contribution in [0.3, 0.4) is 0 Å². The van der Waals surface area contributed by atoms with Crippen molar-refractivity contribution in [2.45, 2.75) is 19.9 Å². The minimum atomic E-state index is -0.454. The lowest BCUT2D eigenvalue weighted by molar-refractivity contribution is 0.0387. The van der Waals surface area contributed by atoms with E-state index in [1.165, 1.54) is 0 Å². The van der Waals surface area contributed by atoms with Crippen molar-refractivity contribution < 1.29 is 19.1 Å². The molecule has 2 heterocycles. The number of amides is 1. The Morgan fingerprint density at radius 3 is 2.44 bits per heavy atom. The van der Waals surface area contributed by atoms with Gasteiger partial charge in [-0.25, -0.2) is 4.79 Å². The van der Waals surface area contributed by atoms with Crippen LogP contribution in [0.15, 0.2) is 30.3 Å². The summed E-state index contributed by atoms with van der Waals surface area (Å²) in [5.41, 5.74) is 3.06. The summed E-state index contributed by atoms with van der Waals surface area (Å²) in [6.07, 6.45) is 0. The molecule has 0 radical (unpaired) electrons. The highest BCUT2D eigenvalue weighted by Crippen LogP contribution is 2.21. The zero-order valence-electron chi connectivity index (χ0n) is 19.4. The number of piperazine rings is 1. The summed E-state index contributed by atoms with van der Waals surface area (Å²) in [6.45, 7) is 8.72. The average Bonchev–Trinajstić information content (AvgIpc) is 3.09. The van der Waals surface area contributed by atoms with Crippen molar-refractivity contribution in [3.05, 3.63) is 58.4 Å². The van der Waals surface area contributed by atoms with E-state index in [1.54, 1.807) is 21.0 Å². The van der Waals surface area contributed by atoms with Gasteiger partial charge in [0.05, 0.1) is 18.2 Å². The number of likely N-dealkylation sites (N-methyl/N-ethyl adjacent to an activating group) is 1. The number of carbonyl (C=O) groups is 2. The number of nitrogens with one attached hydrogen (secondary N) is 2. The van der Waals surface area contributed by atoms with Crippen molar-refractivity contribution in [1.29, 1.82) is 0 Å². The normalized spacial score (nSPS) is 16.0. The summed E-state index contributed by atoms with van der Waals surface area (Å²) >= 11 is 0. The third-order valence-electron chi connectivity index (χ3n) is 5.93. The molecule has 0 spiro atoms. The second kappa shape index (κ2) is 11.3. The molecule has 1 unspecified atom stereocenters. The highest BCUT2D eigenvalue weighted by Gasteiger charge is 2.26. The number of aromatic nitrogens is 1. The SMILES string of the molecule is COCCOC(=O)c1c(C)[nH]c(C(=O)NC(CN2CCN(C)CC2)c2ccccc2)c1C. The fourth-order valence-corrected chi connectivity index (χ4v) is 4.01. The average molecular weight is 443 g/mol. The maximum atomic E-state index is 13.3. The number of rotatable bonds is 9. The van der Waals surface area contributed by atoms with Crippen molar-refractivity contribution in [3.8, 4) is 0 Å². The molecule has 0 bridgehead atoms. The first-order chi connectivity index (χ1) is 15.4. The van der Waals surface area contributed by atoms with Crippen LogP contribution in [0.5, 0.6) is 0 Å². The Morgan fingerprint density at radius 1 is 1.09 bits per heavy atom. The number of carbonyl (C=O) groups excluding carboxylic acids is 2. The van der Waals surface area contributed by atoms with Gasteiger partial charge in [0.15, 0.2) is 0 Å². The molecule has 2 N–H and O–H groups in total. The van der Waals surface area contributed by atoms with E-state index in [2.05, 4.69) is 27.1 Å². The molecule has 1 aromatic heterocycles. The number of esters is 1. The minimum absolute atomic E-state index is 0.160. The minimum Gasteiger partial charge on any atom is -0.460 e. The van der Waals surface area contributed by atoms with E-state index in [-0.39, 0.29) is 18.6 Å². The third kappa shape index (κ3) is 5.97. The Hall–Kier alpha value is -2.68. The number of methoxy groups -OCH3 is 1. The molecule has 2 aromatic rings. The monoisotopic (exact) mass is 442 g/mol. The highest BCUT2D eigenvalue weighted by atomic mass is 16.6. The Kier molecular flexibility index (Phi) is 8.44. The molecule has 8 heteroatoms. The number of aryl methyl sites for hydroxylation is 1. The van der Waals surface area contributed by atoms with Gasteiger partial charge in [-0.15, -0.1) is 0 Å². The van der Waals surface area contributed by atoms with E-state index in [4.69, 9.17) is 9.47 Å². The molecule has 1 atom stereocenters. The van der Waals surface area contributed by atoms with Gasteiger partial charge in [-0.2, -0.15) is 0 Å². The fraction of sp³-hybridized carbons (Fsp3) is 0.500. The lowest BCUT2D eigenvalue weighted by atomic mass is 10.0. The first kappa shape index (κ1) is 24.0. The summed E-state index contributed by atoms with van der Waals surface area (Å²) < 4.78 is 10.2. The number of hydrogen-bond acceptors (Lipinski definition) is 6. The van der Waals surface area contributed by atoms with Crippen molar-refractivity contribution >= 4 is 11.9 Å². The van der Waals surface area contributed by atoms with Crippen LogP contribution in [0.4, 0.5) is 0 Å². The molecule has 0 aliphatic carbocycles. The molecule has 3 rings (SSSR count). The molecule has 1 amide bonds. The first-order valence-corrected chi connectivity index (χ1v) is 11.0. The van der Waals surface area contributed by atoms with E-state index < -0.39 is 5.97 Å². The van der Waals surface area contributed by atoms with Crippen LogP contribution in [0.1, 0.15) is 43.7 Å². The number of benzene rings is 1. The molecule has 1 aliphatic heterocycles. The molecule has 174 valence electrons. The number of hydrogen-bond donors (Lipinski definition) is 2. The number of nitrogens with zero attached hydrogens (tertiary/aromatic N) is 2. The Balaban J connectivity index is 1.76. The fourth-order valence-electron chi connectivity index (χ4n) is 4.01. The Morgan fingerprint density at radius 2 is 1.78 bits per heavy atom. The molecule has 1 aromatic carbocycles. The first-order valence-electron chi connectivity index (χ1n) is 11.0. The number of H-pyrrole nitrogens is 1. The molecule has 0 saturated carbocycles. The molecule has 1 saturated heterocycles. The molecule has 1 fully saturated rings. The van der Waals surface area contributed by atoms with Crippen molar-refractivity contribution in [2.24, 2.45) is 0 Å². The van der Waals surface area contributed by atoms with Crippen LogP contribution in [-0.4, -0.2) is 86.8 Å². The van der Waals surface area contributed by atoms with Crippen LogP contribution < -0.4 is 5.32 Å². The summed E-state index contributed by atoms with van der Waals surface area (Å²) in [4.78, 5) is 33.5. The highest BCUT2D eigenvalue weighted by molar-refractivity contribution is 6.00. The Labute approximate surface area is 189 Å². The van der Waals surface area contributed by atoms with Crippen LogP contribution >= 0.6 is 0 Å². The zero-order chi connectivity index (χ0) is 23.1. The van der Waals surface area contributed by atoms with E-state index in [0.717, 1.165) is 38.3 Å². The van der Waals surface area contributed by atoms with E-state index in [0.29, 0.717) is 29.1 Å². The van der Waals surface area contributed by atoms with Gasteiger partial charge in [-0.3, -0.25) is 9.69 Å². The van der Waals surface area contributed by atoms with Crippen molar-refractivity contribution in [1.82, 2.24) is 20.1 Å². The molecule has 32 heavy (non-hydrogen) atoms. The topological polar surface area (TPSA) is 86.9 Å². The third-order valence-corrected chi connectivity index (χ3v) is 5.93. The number of aromatic amines is 1. The van der Waals surface area contributed by atoms with Crippen LogP contribution in [0, 0.1) is 13.8 Å². The lowest BCUT2D eigenvalue weighted by Gasteiger charge is -2.35. The second-order valence-corrected chi connectivity index (χ2v) is 8.29. The van der Waals surface area contributed by atoms with Gasteiger partial charge < -0.3 is 24.7 Å².